The summed E-state index contributed by atoms with van der Waals surface area (Å²) in [6, 6.07) is 16.6. The number of ether oxygens (including phenoxy) is 1. The molecule has 3 N–H and O–H groups in total. The van der Waals surface area contributed by atoms with E-state index < -0.39 is 0 Å². The Kier molecular flexibility index (Phi) is 4.82. The first kappa shape index (κ1) is 16.1. The van der Waals surface area contributed by atoms with Gasteiger partial charge in [0.1, 0.15) is 17.4 Å². The van der Waals surface area contributed by atoms with E-state index in [2.05, 4.69) is 15.3 Å². The number of nitrogens with zero attached hydrogens (tertiary/aromatic N) is 2. The Hall–Kier alpha value is -2.79. The first-order valence-electron chi connectivity index (χ1n) is 7.54. The van der Waals surface area contributed by atoms with Gasteiger partial charge in [-0.05, 0) is 55.5 Å². The number of aromatic nitrogens is 2. The normalized spacial score (nSPS) is 10.4. The predicted molar refractivity (Wildman–Crippen MR) is 97.8 cm³/mol. The van der Waals surface area contributed by atoms with Crippen LogP contribution in [-0.2, 0) is 0 Å². The van der Waals surface area contributed by atoms with E-state index in [9.17, 15) is 0 Å². The van der Waals surface area contributed by atoms with Crippen LogP contribution in [0.4, 0.5) is 17.3 Å². The summed E-state index contributed by atoms with van der Waals surface area (Å²) in [6.45, 7) is 2.58. The van der Waals surface area contributed by atoms with Crippen molar-refractivity contribution in [3.05, 3.63) is 59.6 Å². The molecule has 0 fully saturated rings. The standard InChI is InChI=1S/C18H17ClN4O/c1-2-24-15-9-3-12(4-10-15)18-22-16(20)11-17(23-18)21-14-7-5-13(19)6-8-14/h3-11H,2H2,1H3,(H3,20,21,22,23). The van der Waals surface area contributed by atoms with E-state index in [0.717, 1.165) is 17.0 Å². The lowest BCUT2D eigenvalue weighted by molar-refractivity contribution is 0.340. The molecule has 0 saturated carbocycles. The maximum Gasteiger partial charge on any atom is 0.163 e. The van der Waals surface area contributed by atoms with Crippen LogP contribution in [-0.4, -0.2) is 16.6 Å². The van der Waals surface area contributed by atoms with E-state index >= 15 is 0 Å². The Labute approximate surface area is 145 Å². The maximum atomic E-state index is 5.92. The van der Waals surface area contributed by atoms with Gasteiger partial charge in [-0.3, -0.25) is 0 Å². The molecule has 3 rings (SSSR count). The van der Waals surface area contributed by atoms with E-state index in [4.69, 9.17) is 22.1 Å². The number of hydrogen-bond acceptors (Lipinski definition) is 5. The molecule has 1 heterocycles. The zero-order valence-electron chi connectivity index (χ0n) is 13.2. The van der Waals surface area contributed by atoms with Crippen LogP contribution in [0.2, 0.25) is 5.02 Å². The van der Waals surface area contributed by atoms with Crippen LogP contribution in [0.15, 0.2) is 54.6 Å². The number of halogens is 1. The average molecular weight is 341 g/mol. The molecule has 0 radical (unpaired) electrons. The van der Waals surface area contributed by atoms with Crippen molar-refractivity contribution in [2.24, 2.45) is 0 Å². The summed E-state index contributed by atoms with van der Waals surface area (Å²) in [7, 11) is 0. The molecule has 24 heavy (non-hydrogen) atoms. The fourth-order valence-electron chi connectivity index (χ4n) is 2.21. The van der Waals surface area contributed by atoms with Crippen molar-refractivity contribution in [1.82, 2.24) is 9.97 Å². The van der Waals surface area contributed by atoms with Gasteiger partial charge in [0.05, 0.1) is 6.61 Å². The zero-order chi connectivity index (χ0) is 16.9. The van der Waals surface area contributed by atoms with Gasteiger partial charge in [0, 0.05) is 22.3 Å². The number of anilines is 3. The number of rotatable bonds is 5. The summed E-state index contributed by atoms with van der Waals surface area (Å²) in [4.78, 5) is 8.82. The lowest BCUT2D eigenvalue weighted by atomic mass is 10.2. The Balaban J connectivity index is 1.86. The lowest BCUT2D eigenvalue weighted by Crippen LogP contribution is -2.01. The molecule has 0 saturated heterocycles. The minimum Gasteiger partial charge on any atom is -0.494 e. The molecule has 0 aliphatic carbocycles. The van der Waals surface area contributed by atoms with Crippen LogP contribution in [0.5, 0.6) is 5.75 Å². The van der Waals surface area contributed by atoms with Gasteiger partial charge in [-0.25, -0.2) is 9.97 Å². The highest BCUT2D eigenvalue weighted by Gasteiger charge is 2.06. The van der Waals surface area contributed by atoms with Crippen LogP contribution < -0.4 is 15.8 Å². The Morgan fingerprint density at radius 2 is 1.75 bits per heavy atom. The molecule has 3 aromatic rings. The van der Waals surface area contributed by atoms with Crippen molar-refractivity contribution >= 4 is 28.9 Å². The van der Waals surface area contributed by atoms with Crippen LogP contribution in [0.25, 0.3) is 11.4 Å². The van der Waals surface area contributed by atoms with E-state index in [-0.39, 0.29) is 0 Å². The molecule has 1 aromatic heterocycles. The van der Waals surface area contributed by atoms with Crippen LogP contribution in [0.1, 0.15) is 6.92 Å². The summed E-state index contributed by atoms with van der Waals surface area (Å²) in [6.07, 6.45) is 0. The summed E-state index contributed by atoms with van der Waals surface area (Å²) in [5.41, 5.74) is 7.65. The van der Waals surface area contributed by atoms with Crippen molar-refractivity contribution in [1.29, 1.82) is 0 Å². The van der Waals surface area contributed by atoms with Gasteiger partial charge < -0.3 is 15.8 Å². The molecule has 0 atom stereocenters. The van der Waals surface area contributed by atoms with E-state index in [1.807, 2.05) is 55.5 Å². The first-order chi connectivity index (χ1) is 11.6. The molecule has 5 nitrogen and oxygen atoms in total. The molecule has 0 aliphatic heterocycles. The summed E-state index contributed by atoms with van der Waals surface area (Å²) in [5, 5.41) is 3.88. The van der Waals surface area contributed by atoms with Crippen LogP contribution in [0, 0.1) is 0 Å². The van der Waals surface area contributed by atoms with Crippen LogP contribution in [0.3, 0.4) is 0 Å². The molecule has 6 heteroatoms. The van der Waals surface area contributed by atoms with Gasteiger partial charge in [-0.15, -0.1) is 0 Å². The van der Waals surface area contributed by atoms with Crippen LogP contribution >= 0.6 is 11.6 Å². The summed E-state index contributed by atoms with van der Waals surface area (Å²) < 4.78 is 5.44. The second kappa shape index (κ2) is 7.19. The highest BCUT2D eigenvalue weighted by Crippen LogP contribution is 2.24. The fraction of sp³-hybridized carbons (Fsp3) is 0.111. The van der Waals surface area contributed by atoms with Crippen molar-refractivity contribution in [2.45, 2.75) is 6.92 Å². The Morgan fingerprint density at radius 3 is 2.42 bits per heavy atom. The van der Waals surface area contributed by atoms with Crippen molar-refractivity contribution in [3.8, 4) is 17.1 Å². The van der Waals surface area contributed by atoms with Crippen molar-refractivity contribution in [2.75, 3.05) is 17.7 Å². The molecule has 2 aromatic carbocycles. The Bertz CT molecular complexity index is 819. The van der Waals surface area contributed by atoms with E-state index in [1.165, 1.54) is 0 Å². The average Bonchev–Trinajstić information content (AvgIpc) is 2.57. The minimum atomic E-state index is 0.394. The highest BCUT2D eigenvalue weighted by atomic mass is 35.5. The van der Waals surface area contributed by atoms with Gasteiger partial charge in [0.2, 0.25) is 0 Å². The largest absolute Gasteiger partial charge is 0.494 e. The molecule has 0 aliphatic rings. The number of nitrogen functional groups attached to an aromatic ring is 1. The summed E-state index contributed by atoms with van der Waals surface area (Å²) >= 11 is 5.90. The monoisotopic (exact) mass is 340 g/mol. The quantitative estimate of drug-likeness (QED) is 0.714. The number of nitrogens with two attached hydrogens (primary N) is 1. The minimum absolute atomic E-state index is 0.394. The third-order valence-corrected chi connectivity index (χ3v) is 3.54. The number of hydrogen-bond donors (Lipinski definition) is 2. The molecule has 0 spiro atoms. The molecule has 122 valence electrons. The van der Waals surface area contributed by atoms with Gasteiger partial charge in [-0.2, -0.15) is 0 Å². The first-order valence-corrected chi connectivity index (χ1v) is 7.92. The highest BCUT2D eigenvalue weighted by molar-refractivity contribution is 6.30. The van der Waals surface area contributed by atoms with Crippen molar-refractivity contribution < 1.29 is 4.74 Å². The SMILES string of the molecule is CCOc1ccc(-c2nc(N)cc(Nc3ccc(Cl)cc3)n2)cc1. The van der Waals surface area contributed by atoms with Gasteiger partial charge in [0.25, 0.3) is 0 Å². The summed E-state index contributed by atoms with van der Waals surface area (Å²) in [5.74, 6) is 2.37. The fourth-order valence-corrected chi connectivity index (χ4v) is 2.33. The Morgan fingerprint density at radius 1 is 1.04 bits per heavy atom. The molecule has 0 bridgehead atoms. The van der Waals surface area contributed by atoms with E-state index in [0.29, 0.717) is 29.1 Å². The second-order valence-corrected chi connectivity index (χ2v) is 5.53. The third kappa shape index (κ3) is 3.94. The zero-order valence-corrected chi connectivity index (χ0v) is 13.9. The molecular weight excluding hydrogens is 324 g/mol. The van der Waals surface area contributed by atoms with Gasteiger partial charge in [-0.1, -0.05) is 11.6 Å². The third-order valence-electron chi connectivity index (χ3n) is 3.29. The number of benzene rings is 2. The predicted octanol–water partition coefficient (Wildman–Crippen LogP) is 4.52. The lowest BCUT2D eigenvalue weighted by Gasteiger charge is -2.09. The van der Waals surface area contributed by atoms with Gasteiger partial charge in [0.15, 0.2) is 5.82 Å². The smallest absolute Gasteiger partial charge is 0.163 e. The van der Waals surface area contributed by atoms with E-state index in [1.54, 1.807) is 6.07 Å². The molecular formula is C18H17ClN4O. The molecule has 0 amide bonds. The topological polar surface area (TPSA) is 73.1 Å². The number of nitrogens with one attached hydrogen (secondary N) is 1. The van der Waals surface area contributed by atoms with Gasteiger partial charge >= 0.3 is 0 Å². The maximum absolute atomic E-state index is 5.92. The molecule has 0 unspecified atom stereocenters. The van der Waals surface area contributed by atoms with Crippen molar-refractivity contribution in [3.63, 3.8) is 0 Å². The second-order valence-electron chi connectivity index (χ2n) is 5.09.